The first kappa shape index (κ1) is 18.2. The van der Waals surface area contributed by atoms with Crippen molar-refractivity contribution in [2.24, 2.45) is 0 Å². The number of benzene rings is 2. The van der Waals surface area contributed by atoms with E-state index in [9.17, 15) is 5.11 Å². The van der Waals surface area contributed by atoms with Crippen molar-refractivity contribution in [3.8, 4) is 0 Å². The topological polar surface area (TPSA) is 37.2 Å². The summed E-state index contributed by atoms with van der Waals surface area (Å²) in [7, 11) is 0. The van der Waals surface area contributed by atoms with Gasteiger partial charge in [0.25, 0.3) is 0 Å². The molecule has 2 aromatic carbocycles. The van der Waals surface area contributed by atoms with Gasteiger partial charge >= 0.3 is 0 Å². The number of aliphatic hydroxyl groups is 1. The molecule has 1 unspecified atom stereocenters. The molecule has 3 nitrogen and oxygen atoms in total. The van der Waals surface area contributed by atoms with Crippen LogP contribution in [0.15, 0.2) is 54.7 Å². The summed E-state index contributed by atoms with van der Waals surface area (Å²) in [6.07, 6.45) is 5.67. The van der Waals surface area contributed by atoms with Crippen LogP contribution in [0.5, 0.6) is 0 Å². The van der Waals surface area contributed by atoms with Crippen LogP contribution in [0.4, 0.5) is 5.69 Å². The summed E-state index contributed by atoms with van der Waals surface area (Å²) in [5, 5.41) is 11.7. The smallest absolute Gasteiger partial charge is 0.0716 e. The van der Waals surface area contributed by atoms with Gasteiger partial charge in [0.05, 0.1) is 16.7 Å². The lowest BCUT2D eigenvalue weighted by molar-refractivity contribution is 0.213. The first-order valence-electron chi connectivity index (χ1n) is 8.42. The molecule has 0 fully saturated rings. The van der Waals surface area contributed by atoms with Gasteiger partial charge in [-0.15, -0.1) is 0 Å². The van der Waals surface area contributed by atoms with Crippen molar-refractivity contribution < 1.29 is 5.11 Å². The fourth-order valence-corrected chi connectivity index (χ4v) is 4.16. The van der Waals surface area contributed by atoms with Gasteiger partial charge in [0.2, 0.25) is 0 Å². The summed E-state index contributed by atoms with van der Waals surface area (Å²) in [5.41, 5.74) is 3.12. The Hall–Kier alpha value is -1.62. The maximum Gasteiger partial charge on any atom is 0.0716 e. The predicted octanol–water partition coefficient (Wildman–Crippen LogP) is 5.52. The third-order valence-corrected chi connectivity index (χ3v) is 5.57. The van der Waals surface area contributed by atoms with Crippen LogP contribution in [0.2, 0.25) is 5.02 Å². The third kappa shape index (κ3) is 3.26. The molecule has 0 radical (unpaired) electrons. The molecule has 1 heterocycles. The predicted molar refractivity (Wildman–Crippen MR) is 110 cm³/mol. The first-order chi connectivity index (χ1) is 12.2. The average molecular weight is 375 g/mol. The normalized spacial score (nSPS) is 13.8. The van der Waals surface area contributed by atoms with E-state index in [1.54, 1.807) is 11.9 Å². The van der Waals surface area contributed by atoms with Gasteiger partial charge in [-0.1, -0.05) is 48.7 Å². The summed E-state index contributed by atoms with van der Waals surface area (Å²) >= 11 is 7.68. The highest BCUT2D eigenvalue weighted by Gasteiger charge is 2.32. The molecule has 1 atom stereocenters. The van der Waals surface area contributed by atoms with E-state index in [1.807, 2.05) is 18.4 Å². The zero-order chi connectivity index (χ0) is 17.9. The molecular formula is C20H23ClN2OS. The number of aliphatic hydroxyl groups excluding tert-OH is 1. The summed E-state index contributed by atoms with van der Waals surface area (Å²) in [5.74, 6) is 0. The van der Waals surface area contributed by atoms with E-state index in [0.29, 0.717) is 6.42 Å². The van der Waals surface area contributed by atoms with Crippen LogP contribution in [0, 0.1) is 0 Å². The Kier molecular flexibility index (Phi) is 5.62. The molecular weight excluding hydrogens is 352 g/mol. The van der Waals surface area contributed by atoms with Gasteiger partial charge in [0.15, 0.2) is 0 Å². The summed E-state index contributed by atoms with van der Waals surface area (Å²) in [4.78, 5) is 0. The minimum absolute atomic E-state index is 0.124. The maximum atomic E-state index is 9.80. The fraction of sp³-hybridized carbons (Fsp3) is 0.300. The molecule has 3 aromatic rings. The van der Waals surface area contributed by atoms with Gasteiger partial charge in [-0.3, -0.25) is 0 Å². The van der Waals surface area contributed by atoms with Gasteiger partial charge in [-0.25, -0.2) is 0 Å². The standard InChI is InChI=1S/C20H23ClN2OS/c1-3-20(12-14-24,15-7-9-16(21)10-8-15)23-13-11-17-18(22-25-2)5-4-6-19(17)23/h4-11,13,22,24H,3,12,14H2,1-2H3. The Labute approximate surface area is 158 Å². The molecule has 132 valence electrons. The number of halogens is 1. The molecule has 3 rings (SSSR count). The summed E-state index contributed by atoms with van der Waals surface area (Å²) in [6.45, 7) is 2.29. The number of hydrogen-bond donors (Lipinski definition) is 2. The highest BCUT2D eigenvalue weighted by Crippen LogP contribution is 2.38. The van der Waals surface area contributed by atoms with Crippen LogP contribution in [-0.2, 0) is 5.54 Å². The molecule has 0 spiro atoms. The number of hydrogen-bond acceptors (Lipinski definition) is 3. The third-order valence-electron chi connectivity index (χ3n) is 4.90. The van der Waals surface area contributed by atoms with Crippen molar-refractivity contribution >= 4 is 40.1 Å². The second kappa shape index (κ2) is 7.73. The Balaban J connectivity index is 2.22. The zero-order valence-corrected chi connectivity index (χ0v) is 16.1. The number of rotatable bonds is 7. The monoisotopic (exact) mass is 374 g/mol. The quantitative estimate of drug-likeness (QED) is 0.534. The van der Waals surface area contributed by atoms with E-state index in [1.165, 1.54) is 5.39 Å². The molecule has 0 aliphatic rings. The van der Waals surface area contributed by atoms with E-state index in [-0.39, 0.29) is 12.1 Å². The maximum absolute atomic E-state index is 9.80. The lowest BCUT2D eigenvalue weighted by Crippen LogP contribution is -2.35. The molecule has 0 aliphatic heterocycles. The van der Waals surface area contributed by atoms with Gasteiger partial charge < -0.3 is 14.4 Å². The first-order valence-corrected chi connectivity index (χ1v) is 10.0. The molecule has 0 amide bonds. The minimum Gasteiger partial charge on any atom is -0.396 e. The Bertz CT molecular complexity index is 847. The Morgan fingerprint density at radius 2 is 1.92 bits per heavy atom. The number of nitrogens with one attached hydrogen (secondary N) is 1. The SMILES string of the molecule is CCC(CCO)(c1ccc(Cl)cc1)n1ccc2c(NSC)cccc21. The second-order valence-corrected chi connectivity index (χ2v) is 7.14. The number of anilines is 1. The fourth-order valence-electron chi connectivity index (χ4n) is 3.64. The second-order valence-electron chi connectivity index (χ2n) is 6.10. The molecule has 0 saturated carbocycles. The van der Waals surface area contributed by atoms with Crippen molar-refractivity contribution in [3.63, 3.8) is 0 Å². The highest BCUT2D eigenvalue weighted by molar-refractivity contribution is 7.99. The molecule has 2 N–H and O–H groups in total. The average Bonchev–Trinajstić information content (AvgIpc) is 3.06. The molecule has 5 heteroatoms. The summed E-state index contributed by atoms with van der Waals surface area (Å²) in [6, 6.07) is 16.4. The Morgan fingerprint density at radius 1 is 1.16 bits per heavy atom. The van der Waals surface area contributed by atoms with E-state index in [2.05, 4.69) is 58.8 Å². The van der Waals surface area contributed by atoms with Crippen LogP contribution >= 0.6 is 23.5 Å². The number of nitrogens with zero attached hydrogens (tertiary/aromatic N) is 1. The lowest BCUT2D eigenvalue weighted by atomic mass is 9.83. The number of aromatic nitrogens is 1. The minimum atomic E-state index is -0.306. The lowest BCUT2D eigenvalue weighted by Gasteiger charge is -2.36. The van der Waals surface area contributed by atoms with E-state index < -0.39 is 0 Å². The van der Waals surface area contributed by atoms with E-state index in [0.717, 1.165) is 28.2 Å². The van der Waals surface area contributed by atoms with Crippen molar-refractivity contribution in [2.45, 2.75) is 25.3 Å². The van der Waals surface area contributed by atoms with E-state index in [4.69, 9.17) is 11.6 Å². The van der Waals surface area contributed by atoms with Crippen molar-refractivity contribution in [3.05, 3.63) is 65.3 Å². The molecule has 0 aliphatic carbocycles. The molecule has 25 heavy (non-hydrogen) atoms. The van der Waals surface area contributed by atoms with Crippen LogP contribution in [0.3, 0.4) is 0 Å². The zero-order valence-electron chi connectivity index (χ0n) is 14.5. The van der Waals surface area contributed by atoms with Crippen LogP contribution in [0.25, 0.3) is 10.9 Å². The van der Waals surface area contributed by atoms with Gasteiger partial charge in [-0.2, -0.15) is 0 Å². The van der Waals surface area contributed by atoms with Crippen LogP contribution in [0.1, 0.15) is 25.3 Å². The van der Waals surface area contributed by atoms with Gasteiger partial charge in [0, 0.05) is 29.5 Å². The highest BCUT2D eigenvalue weighted by atomic mass is 35.5. The van der Waals surface area contributed by atoms with Crippen LogP contribution in [-0.4, -0.2) is 22.5 Å². The molecule has 0 saturated heterocycles. The van der Waals surface area contributed by atoms with Gasteiger partial charge in [-0.05, 0) is 48.7 Å². The van der Waals surface area contributed by atoms with Crippen molar-refractivity contribution in [1.29, 1.82) is 0 Å². The van der Waals surface area contributed by atoms with E-state index >= 15 is 0 Å². The number of fused-ring (bicyclic) bond motifs is 1. The largest absolute Gasteiger partial charge is 0.396 e. The summed E-state index contributed by atoms with van der Waals surface area (Å²) < 4.78 is 5.65. The van der Waals surface area contributed by atoms with Gasteiger partial charge in [0.1, 0.15) is 0 Å². The molecule has 0 bridgehead atoms. The van der Waals surface area contributed by atoms with Crippen LogP contribution < -0.4 is 4.72 Å². The van der Waals surface area contributed by atoms with Crippen molar-refractivity contribution in [2.75, 3.05) is 17.6 Å². The Morgan fingerprint density at radius 3 is 2.56 bits per heavy atom. The van der Waals surface area contributed by atoms with Crippen molar-refractivity contribution in [1.82, 2.24) is 4.57 Å². The molecule has 1 aromatic heterocycles.